The number of methoxy groups -OCH3 is 1. The Morgan fingerprint density at radius 1 is 1.05 bits per heavy atom. The first-order valence-electron chi connectivity index (χ1n) is 6.56. The van der Waals surface area contributed by atoms with E-state index in [4.69, 9.17) is 9.47 Å². The summed E-state index contributed by atoms with van der Waals surface area (Å²) in [7, 11) is 1.16. The smallest absolute Gasteiger partial charge is 0.410 e. The van der Waals surface area contributed by atoms with E-state index in [-0.39, 0.29) is 16.8 Å². The van der Waals surface area contributed by atoms with Gasteiger partial charge in [-0.15, -0.1) is 0 Å². The van der Waals surface area contributed by atoms with E-state index in [0.29, 0.717) is 0 Å². The number of alkyl carbamates (subject to hydrolysis) is 1. The van der Waals surface area contributed by atoms with Gasteiger partial charge in [0.15, 0.2) is 5.12 Å². The number of esters is 2. The molecule has 126 valence electrons. The molecular formula is C13H21NO7S. The van der Waals surface area contributed by atoms with Gasteiger partial charge in [-0.05, 0) is 0 Å². The molecule has 9 heteroatoms. The van der Waals surface area contributed by atoms with Gasteiger partial charge in [-0.1, -0.05) is 25.6 Å². The highest BCUT2D eigenvalue weighted by Gasteiger charge is 2.24. The van der Waals surface area contributed by atoms with Gasteiger partial charge < -0.3 is 19.5 Å². The summed E-state index contributed by atoms with van der Waals surface area (Å²) in [5.74, 6) is -1.57. The number of nitrogens with one attached hydrogen (secondary N) is 1. The fourth-order valence-corrected chi connectivity index (χ4v) is 1.78. The van der Waals surface area contributed by atoms with Crippen LogP contribution in [0.2, 0.25) is 0 Å². The van der Waals surface area contributed by atoms with Crippen molar-refractivity contribution < 1.29 is 33.4 Å². The summed E-state index contributed by atoms with van der Waals surface area (Å²) in [5, 5.41) is 2.05. The molecule has 0 spiro atoms. The van der Waals surface area contributed by atoms with Crippen molar-refractivity contribution in [1.29, 1.82) is 0 Å². The molecular weight excluding hydrogens is 314 g/mol. The summed E-state index contributed by atoms with van der Waals surface area (Å²) in [6, 6.07) is -1.04. The predicted octanol–water partition coefficient (Wildman–Crippen LogP) is 1.08. The van der Waals surface area contributed by atoms with Crippen molar-refractivity contribution >= 4 is 34.9 Å². The van der Waals surface area contributed by atoms with Crippen LogP contribution in [0.3, 0.4) is 0 Å². The van der Waals surface area contributed by atoms with Crippen LogP contribution in [0.4, 0.5) is 4.79 Å². The summed E-state index contributed by atoms with van der Waals surface area (Å²) in [4.78, 5) is 45.4. The first kappa shape index (κ1) is 20.2. The van der Waals surface area contributed by atoms with Crippen molar-refractivity contribution in [3.63, 3.8) is 0 Å². The molecule has 0 aromatic heterocycles. The Bertz CT molecular complexity index is 425. The molecule has 0 fully saturated rings. The van der Waals surface area contributed by atoms with Crippen LogP contribution in [-0.2, 0) is 28.6 Å². The maximum absolute atomic E-state index is 11.7. The molecule has 0 bridgehead atoms. The van der Waals surface area contributed by atoms with E-state index in [1.165, 1.54) is 13.8 Å². The van der Waals surface area contributed by atoms with Gasteiger partial charge in [0.25, 0.3) is 0 Å². The second-order valence-corrected chi connectivity index (χ2v) is 5.78. The lowest BCUT2D eigenvalue weighted by molar-refractivity contribution is -0.169. The quantitative estimate of drug-likeness (QED) is 0.544. The Hall–Kier alpha value is -1.77. The Morgan fingerprint density at radius 2 is 1.64 bits per heavy atom. The number of carbonyl (C=O) groups is 4. The number of amides is 1. The average Bonchev–Trinajstić information content (AvgIpc) is 2.41. The number of hydrogen-bond donors (Lipinski definition) is 1. The van der Waals surface area contributed by atoms with Gasteiger partial charge in [-0.2, -0.15) is 0 Å². The third kappa shape index (κ3) is 8.50. The number of hydrogen-bond acceptors (Lipinski definition) is 8. The van der Waals surface area contributed by atoms with Gasteiger partial charge in [0.2, 0.25) is 6.29 Å². The zero-order chi connectivity index (χ0) is 17.3. The summed E-state index contributed by atoms with van der Waals surface area (Å²) < 4.78 is 14.2. The molecule has 0 aliphatic carbocycles. The first-order valence-corrected chi connectivity index (χ1v) is 7.54. The van der Waals surface area contributed by atoms with Crippen molar-refractivity contribution in [2.24, 2.45) is 5.92 Å². The second kappa shape index (κ2) is 10.0. The van der Waals surface area contributed by atoms with E-state index in [2.05, 4.69) is 10.1 Å². The Kier molecular flexibility index (Phi) is 9.23. The van der Waals surface area contributed by atoms with Crippen LogP contribution in [0.1, 0.15) is 27.7 Å². The number of ether oxygens (including phenoxy) is 3. The average molecular weight is 335 g/mol. The molecule has 0 saturated carbocycles. The summed E-state index contributed by atoms with van der Waals surface area (Å²) >= 11 is 0.863. The fraction of sp³-hybridized carbons (Fsp3) is 0.692. The minimum Gasteiger partial charge on any atom is -0.467 e. The Labute approximate surface area is 133 Å². The zero-order valence-corrected chi connectivity index (χ0v) is 14.0. The van der Waals surface area contributed by atoms with Crippen molar-refractivity contribution in [2.75, 3.05) is 12.9 Å². The number of carbonyl (C=O) groups excluding carboxylic acids is 4. The van der Waals surface area contributed by atoms with E-state index >= 15 is 0 Å². The largest absolute Gasteiger partial charge is 0.467 e. The maximum Gasteiger partial charge on any atom is 0.410 e. The van der Waals surface area contributed by atoms with Gasteiger partial charge in [0.1, 0.15) is 6.04 Å². The standard InChI is InChI=1S/C13H21NO7S/c1-7(2)11(16)20-9(4)21-13(18)14-10(12(17)19-5)6-22-8(3)15/h7,9-10H,6H2,1-5H3,(H,14,18). The molecule has 2 unspecified atom stereocenters. The lowest BCUT2D eigenvalue weighted by Crippen LogP contribution is -2.44. The summed E-state index contributed by atoms with van der Waals surface area (Å²) in [6.07, 6.45) is -2.06. The molecule has 22 heavy (non-hydrogen) atoms. The van der Waals surface area contributed by atoms with Crippen LogP contribution >= 0.6 is 11.8 Å². The van der Waals surface area contributed by atoms with E-state index in [9.17, 15) is 19.2 Å². The molecule has 0 heterocycles. The molecule has 0 saturated heterocycles. The molecule has 8 nitrogen and oxygen atoms in total. The van der Waals surface area contributed by atoms with Crippen LogP contribution in [0, 0.1) is 5.92 Å². The van der Waals surface area contributed by atoms with E-state index in [1.807, 2.05) is 0 Å². The lowest BCUT2D eigenvalue weighted by atomic mass is 10.2. The molecule has 1 amide bonds. The highest BCUT2D eigenvalue weighted by molar-refractivity contribution is 8.13. The molecule has 2 atom stereocenters. The van der Waals surface area contributed by atoms with Crippen molar-refractivity contribution in [3.8, 4) is 0 Å². The lowest BCUT2D eigenvalue weighted by Gasteiger charge is -2.19. The molecule has 0 rings (SSSR count). The van der Waals surface area contributed by atoms with E-state index in [0.717, 1.165) is 18.9 Å². The molecule has 0 aliphatic heterocycles. The summed E-state index contributed by atoms with van der Waals surface area (Å²) in [6.45, 7) is 5.99. The normalized spacial score (nSPS) is 13.0. The predicted molar refractivity (Wildman–Crippen MR) is 79.0 cm³/mol. The topological polar surface area (TPSA) is 108 Å². The van der Waals surface area contributed by atoms with Gasteiger partial charge in [-0.25, -0.2) is 9.59 Å². The monoisotopic (exact) mass is 335 g/mol. The Morgan fingerprint density at radius 3 is 2.09 bits per heavy atom. The zero-order valence-electron chi connectivity index (χ0n) is 13.2. The third-order valence-electron chi connectivity index (χ3n) is 2.26. The van der Waals surface area contributed by atoms with Crippen LogP contribution in [0.5, 0.6) is 0 Å². The van der Waals surface area contributed by atoms with Gasteiger partial charge in [0.05, 0.1) is 13.0 Å². The molecule has 0 aromatic carbocycles. The van der Waals surface area contributed by atoms with Gasteiger partial charge in [0, 0.05) is 19.6 Å². The summed E-state index contributed by atoms with van der Waals surface area (Å²) in [5.41, 5.74) is 0. The molecule has 0 aromatic rings. The minimum absolute atomic E-state index is 0.0112. The molecule has 1 N–H and O–H groups in total. The van der Waals surface area contributed by atoms with Crippen LogP contribution < -0.4 is 5.32 Å². The number of thioether (sulfide) groups is 1. The van der Waals surface area contributed by atoms with Gasteiger partial charge >= 0.3 is 18.0 Å². The fourth-order valence-electron chi connectivity index (χ4n) is 1.16. The highest BCUT2D eigenvalue weighted by atomic mass is 32.2. The van der Waals surface area contributed by atoms with Crippen molar-refractivity contribution in [1.82, 2.24) is 5.32 Å². The van der Waals surface area contributed by atoms with Crippen LogP contribution in [0.15, 0.2) is 0 Å². The first-order chi connectivity index (χ1) is 10.2. The molecule has 0 radical (unpaired) electrons. The highest BCUT2D eigenvalue weighted by Crippen LogP contribution is 2.07. The Balaban J connectivity index is 4.46. The van der Waals surface area contributed by atoms with Crippen molar-refractivity contribution in [2.45, 2.75) is 40.0 Å². The van der Waals surface area contributed by atoms with Crippen molar-refractivity contribution in [3.05, 3.63) is 0 Å². The SMILES string of the molecule is COC(=O)C(CSC(C)=O)NC(=O)OC(C)OC(=O)C(C)C. The van der Waals surface area contributed by atoms with Gasteiger partial charge in [-0.3, -0.25) is 9.59 Å². The van der Waals surface area contributed by atoms with Crippen LogP contribution in [0.25, 0.3) is 0 Å². The third-order valence-corrected chi connectivity index (χ3v) is 3.16. The molecule has 0 aliphatic rings. The van der Waals surface area contributed by atoms with Crippen LogP contribution in [-0.4, -0.2) is 48.3 Å². The van der Waals surface area contributed by atoms with E-state index in [1.54, 1.807) is 13.8 Å². The second-order valence-electron chi connectivity index (χ2n) is 4.59. The van der Waals surface area contributed by atoms with E-state index < -0.39 is 30.4 Å². The minimum atomic E-state index is -1.10. The number of rotatable bonds is 7. The maximum atomic E-state index is 11.7.